The Kier molecular flexibility index (Phi) is 7.20. The lowest BCUT2D eigenvalue weighted by Crippen LogP contribution is -2.09. The van der Waals surface area contributed by atoms with E-state index in [9.17, 15) is 13.2 Å². The minimum Gasteiger partial charge on any atom is -0.248 e. The van der Waals surface area contributed by atoms with Gasteiger partial charge in [-0.2, -0.15) is 13.2 Å². The van der Waals surface area contributed by atoms with Crippen molar-refractivity contribution in [2.24, 2.45) is 0 Å². The largest absolute Gasteiger partial charge is 0.433 e. The first-order chi connectivity index (χ1) is 9.97. The molecule has 0 radical (unpaired) electrons. The van der Waals surface area contributed by atoms with Crippen molar-refractivity contribution in [3.63, 3.8) is 0 Å². The van der Waals surface area contributed by atoms with E-state index >= 15 is 0 Å². The second kappa shape index (κ2) is 8.65. The lowest BCUT2D eigenvalue weighted by molar-refractivity contribution is -0.141. The molecule has 0 saturated carbocycles. The number of allylic oxidation sites excluding steroid dienone is 3. The maximum atomic E-state index is 12.7. The highest BCUT2D eigenvalue weighted by Gasteiger charge is 2.32. The summed E-state index contributed by atoms with van der Waals surface area (Å²) in [6.45, 7) is 5.74. The highest BCUT2D eigenvalue weighted by molar-refractivity contribution is 5.19. The minimum atomic E-state index is -4.38. The van der Waals surface area contributed by atoms with Gasteiger partial charge in [-0.1, -0.05) is 37.1 Å². The van der Waals surface area contributed by atoms with Crippen LogP contribution >= 0.6 is 0 Å². The van der Waals surface area contributed by atoms with Crippen LogP contribution in [0, 0.1) is 0 Å². The van der Waals surface area contributed by atoms with Crippen LogP contribution in [0.2, 0.25) is 0 Å². The molecule has 0 aliphatic rings. The molecule has 4 heteroatoms. The Hall–Kier alpha value is -1.58. The Morgan fingerprint density at radius 1 is 1.29 bits per heavy atom. The fourth-order valence-electron chi connectivity index (χ4n) is 2.12. The molecule has 1 aromatic rings. The van der Waals surface area contributed by atoms with Crippen molar-refractivity contribution < 1.29 is 13.2 Å². The predicted octanol–water partition coefficient (Wildman–Crippen LogP) is 5.73. The van der Waals surface area contributed by atoms with Crippen LogP contribution in [-0.4, -0.2) is 4.98 Å². The maximum absolute atomic E-state index is 12.7. The van der Waals surface area contributed by atoms with E-state index in [4.69, 9.17) is 0 Å². The van der Waals surface area contributed by atoms with Crippen molar-refractivity contribution in [1.29, 1.82) is 0 Å². The Labute approximate surface area is 124 Å². The summed E-state index contributed by atoms with van der Waals surface area (Å²) >= 11 is 0. The van der Waals surface area contributed by atoms with Crippen molar-refractivity contribution in [2.75, 3.05) is 0 Å². The summed E-state index contributed by atoms with van der Waals surface area (Å²) in [7, 11) is 0. The fraction of sp³-hybridized carbons (Fsp3) is 0.471. The zero-order chi connectivity index (χ0) is 15.7. The number of aromatic nitrogens is 1. The van der Waals surface area contributed by atoms with Gasteiger partial charge in [-0.3, -0.25) is 0 Å². The van der Waals surface area contributed by atoms with E-state index in [-0.39, 0.29) is 0 Å². The smallest absolute Gasteiger partial charge is 0.248 e. The van der Waals surface area contributed by atoms with Gasteiger partial charge < -0.3 is 0 Å². The standard InChI is InChI=1S/C17H22F3N/c1-3-5-6-7-10-14(9-4-2)13-15-11-8-12-16(21-15)17(18,19)20/h3,8,10-12H,1,4-7,9,13H2,2H3/b14-10+. The second-order valence-corrected chi connectivity index (χ2v) is 5.02. The second-order valence-electron chi connectivity index (χ2n) is 5.02. The van der Waals surface area contributed by atoms with E-state index in [0.717, 1.165) is 43.7 Å². The van der Waals surface area contributed by atoms with Gasteiger partial charge in [-0.25, -0.2) is 4.98 Å². The molecule has 1 aromatic heterocycles. The molecule has 0 fully saturated rings. The summed E-state index contributed by atoms with van der Waals surface area (Å²) in [4.78, 5) is 3.73. The van der Waals surface area contributed by atoms with Crippen molar-refractivity contribution >= 4 is 0 Å². The average Bonchev–Trinajstić information content (AvgIpc) is 2.43. The first-order valence-corrected chi connectivity index (χ1v) is 7.29. The van der Waals surface area contributed by atoms with Crippen molar-refractivity contribution in [3.8, 4) is 0 Å². The van der Waals surface area contributed by atoms with Gasteiger partial charge in [0.15, 0.2) is 0 Å². The highest BCUT2D eigenvalue weighted by Crippen LogP contribution is 2.27. The molecule has 1 rings (SSSR count). The molecule has 0 bridgehead atoms. The number of hydrogen-bond acceptors (Lipinski definition) is 1. The van der Waals surface area contributed by atoms with Crippen LogP contribution in [-0.2, 0) is 12.6 Å². The van der Waals surface area contributed by atoms with Crippen molar-refractivity contribution in [1.82, 2.24) is 4.98 Å². The summed E-state index contributed by atoms with van der Waals surface area (Å²) in [5.41, 5.74) is 0.823. The third-order valence-corrected chi connectivity index (χ3v) is 3.12. The van der Waals surface area contributed by atoms with Crippen LogP contribution in [0.5, 0.6) is 0 Å². The lowest BCUT2D eigenvalue weighted by Gasteiger charge is -2.10. The third kappa shape index (κ3) is 6.61. The van der Waals surface area contributed by atoms with Gasteiger partial charge in [-0.15, -0.1) is 6.58 Å². The molecule has 1 nitrogen and oxygen atoms in total. The van der Waals surface area contributed by atoms with Gasteiger partial charge in [0.25, 0.3) is 0 Å². The van der Waals surface area contributed by atoms with E-state index in [2.05, 4.69) is 24.6 Å². The zero-order valence-electron chi connectivity index (χ0n) is 12.4. The van der Waals surface area contributed by atoms with Crippen LogP contribution in [0.4, 0.5) is 13.2 Å². The van der Waals surface area contributed by atoms with Gasteiger partial charge in [0.05, 0.1) is 0 Å². The van der Waals surface area contributed by atoms with Crippen LogP contribution in [0.15, 0.2) is 42.5 Å². The molecule has 0 N–H and O–H groups in total. The molecule has 21 heavy (non-hydrogen) atoms. The van der Waals surface area contributed by atoms with E-state index < -0.39 is 11.9 Å². The van der Waals surface area contributed by atoms with Gasteiger partial charge >= 0.3 is 6.18 Å². The van der Waals surface area contributed by atoms with Gasteiger partial charge in [0.2, 0.25) is 0 Å². The predicted molar refractivity (Wildman–Crippen MR) is 80.0 cm³/mol. The molecule has 1 heterocycles. The number of rotatable bonds is 8. The number of alkyl halides is 3. The Bertz CT molecular complexity index is 475. The van der Waals surface area contributed by atoms with E-state index in [1.54, 1.807) is 6.07 Å². The van der Waals surface area contributed by atoms with Crippen LogP contribution in [0.25, 0.3) is 0 Å². The van der Waals surface area contributed by atoms with Crippen molar-refractivity contribution in [2.45, 2.75) is 51.6 Å². The first kappa shape index (κ1) is 17.5. The third-order valence-electron chi connectivity index (χ3n) is 3.12. The fourth-order valence-corrected chi connectivity index (χ4v) is 2.12. The summed E-state index contributed by atoms with van der Waals surface area (Å²) in [5.74, 6) is 0. The molecule has 0 amide bonds. The monoisotopic (exact) mass is 297 g/mol. The summed E-state index contributed by atoms with van der Waals surface area (Å²) in [6, 6.07) is 4.09. The lowest BCUT2D eigenvalue weighted by atomic mass is 10.0. The average molecular weight is 297 g/mol. The maximum Gasteiger partial charge on any atom is 0.433 e. The number of unbranched alkanes of at least 4 members (excludes halogenated alkanes) is 2. The topological polar surface area (TPSA) is 12.9 Å². The number of pyridine rings is 1. The van der Waals surface area contributed by atoms with Crippen molar-refractivity contribution in [3.05, 3.63) is 53.9 Å². The Balaban J connectivity index is 2.76. The van der Waals surface area contributed by atoms with E-state index in [1.165, 1.54) is 6.07 Å². The zero-order valence-corrected chi connectivity index (χ0v) is 12.4. The Morgan fingerprint density at radius 2 is 2.05 bits per heavy atom. The Morgan fingerprint density at radius 3 is 2.67 bits per heavy atom. The summed E-state index contributed by atoms with van der Waals surface area (Å²) in [5, 5.41) is 0. The quantitative estimate of drug-likeness (QED) is 0.441. The highest BCUT2D eigenvalue weighted by atomic mass is 19.4. The SMILES string of the molecule is C=CCCC/C=C(\CCC)Cc1cccc(C(F)(F)F)n1. The molecule has 0 saturated heterocycles. The molecule has 0 aliphatic heterocycles. The summed E-state index contributed by atoms with van der Waals surface area (Å²) in [6.07, 6.45) is 4.90. The van der Waals surface area contributed by atoms with E-state index in [0.29, 0.717) is 12.1 Å². The minimum absolute atomic E-state index is 0.480. The molecule has 0 aliphatic carbocycles. The van der Waals surface area contributed by atoms with Crippen LogP contribution in [0.1, 0.15) is 50.4 Å². The normalized spacial score (nSPS) is 12.5. The summed E-state index contributed by atoms with van der Waals surface area (Å²) < 4.78 is 38.0. The molecular formula is C17H22F3N. The number of nitrogens with zero attached hydrogens (tertiary/aromatic N) is 1. The van der Waals surface area contributed by atoms with Gasteiger partial charge in [0.1, 0.15) is 5.69 Å². The van der Waals surface area contributed by atoms with Crippen LogP contribution < -0.4 is 0 Å². The molecule has 0 aromatic carbocycles. The van der Waals surface area contributed by atoms with E-state index in [1.807, 2.05) is 6.08 Å². The molecular weight excluding hydrogens is 275 g/mol. The number of hydrogen-bond donors (Lipinski definition) is 0. The molecule has 0 atom stereocenters. The van der Waals surface area contributed by atoms with Gasteiger partial charge in [-0.05, 0) is 37.8 Å². The molecule has 116 valence electrons. The van der Waals surface area contributed by atoms with Crippen LogP contribution in [0.3, 0.4) is 0 Å². The first-order valence-electron chi connectivity index (χ1n) is 7.29. The number of halogens is 3. The molecule has 0 unspecified atom stereocenters. The van der Waals surface area contributed by atoms with Gasteiger partial charge in [0, 0.05) is 12.1 Å². The molecule has 0 spiro atoms.